The summed E-state index contributed by atoms with van der Waals surface area (Å²) in [4.78, 5) is 37.6. The van der Waals surface area contributed by atoms with Crippen molar-refractivity contribution in [3.8, 4) is 0 Å². The van der Waals surface area contributed by atoms with Crippen LogP contribution in [0.15, 0.2) is 64.8 Å². The van der Waals surface area contributed by atoms with Gasteiger partial charge in [0.05, 0.1) is 29.0 Å². The highest BCUT2D eigenvalue weighted by molar-refractivity contribution is 7.99. The van der Waals surface area contributed by atoms with E-state index in [-0.39, 0.29) is 5.69 Å². The Morgan fingerprint density at radius 2 is 1.73 bits per heavy atom. The normalized spacial score (nSPS) is 10.4. The number of halogens is 2. The predicted molar refractivity (Wildman–Crippen MR) is 116 cm³/mol. The maximum absolute atomic E-state index is 12.1. The summed E-state index contributed by atoms with van der Waals surface area (Å²) in [5, 5.41) is 6.76. The molecular weight excluding hydrogens is 449 g/mol. The lowest BCUT2D eigenvalue weighted by atomic mass is 10.3. The summed E-state index contributed by atoms with van der Waals surface area (Å²) < 4.78 is 0. The third kappa shape index (κ3) is 6.07. The third-order valence-electron chi connectivity index (χ3n) is 3.55. The molecule has 0 saturated carbocycles. The number of rotatable bonds is 6. The van der Waals surface area contributed by atoms with Crippen molar-refractivity contribution in [3.63, 3.8) is 0 Å². The predicted octanol–water partition coefficient (Wildman–Crippen LogP) is 4.87. The van der Waals surface area contributed by atoms with E-state index in [1.807, 2.05) is 0 Å². The van der Waals surface area contributed by atoms with Gasteiger partial charge < -0.3 is 10.6 Å². The van der Waals surface area contributed by atoms with Crippen molar-refractivity contribution in [2.45, 2.75) is 9.92 Å². The fraction of sp³-hybridized carbons (Fsp3) is 0.0526. The Balaban J connectivity index is 1.59. The van der Waals surface area contributed by atoms with E-state index in [1.54, 1.807) is 42.5 Å². The van der Waals surface area contributed by atoms with Crippen LogP contribution in [0.5, 0.6) is 0 Å². The van der Waals surface area contributed by atoms with Crippen molar-refractivity contribution >= 4 is 58.3 Å². The number of hydrogen-bond acceptors (Lipinski definition) is 6. The molecule has 3 aromatic rings. The quantitative estimate of drug-likeness (QED) is 0.450. The molecule has 0 aliphatic rings. The van der Waals surface area contributed by atoms with Crippen LogP contribution in [0.3, 0.4) is 0 Å². The number of urea groups is 1. The molecule has 30 heavy (non-hydrogen) atoms. The summed E-state index contributed by atoms with van der Waals surface area (Å²) in [6, 6.07) is 11.2. The first-order chi connectivity index (χ1) is 14.4. The minimum absolute atomic E-state index is 0.221. The topological polar surface area (TPSA) is 105 Å². The molecule has 0 atom stereocenters. The zero-order valence-electron chi connectivity index (χ0n) is 15.5. The Morgan fingerprint density at radius 3 is 2.43 bits per heavy atom. The second-order valence-corrected chi connectivity index (χ2v) is 7.62. The molecule has 0 spiro atoms. The van der Waals surface area contributed by atoms with E-state index in [1.165, 1.54) is 31.3 Å². The molecule has 0 saturated heterocycles. The molecule has 154 valence electrons. The first-order valence-electron chi connectivity index (χ1n) is 8.41. The first kappa shape index (κ1) is 21.8. The van der Waals surface area contributed by atoms with Crippen molar-refractivity contribution in [2.24, 2.45) is 0 Å². The molecule has 2 heterocycles. The van der Waals surface area contributed by atoms with Crippen LogP contribution < -0.4 is 16.1 Å². The first-order valence-corrected chi connectivity index (χ1v) is 9.98. The highest BCUT2D eigenvalue weighted by Gasteiger charge is 2.09. The zero-order valence-corrected chi connectivity index (χ0v) is 17.8. The van der Waals surface area contributed by atoms with E-state index in [9.17, 15) is 9.59 Å². The molecule has 0 aliphatic carbocycles. The SMILES string of the molecule is CONC(=O)c1cc(Sc2ccc(NC(=O)Nc3ccc(Cl)c(Cl)c3)cn2)ccn1. The molecule has 8 nitrogen and oxygen atoms in total. The van der Waals surface area contributed by atoms with Crippen LogP contribution >= 0.6 is 35.0 Å². The van der Waals surface area contributed by atoms with Crippen LogP contribution in [-0.4, -0.2) is 29.0 Å². The number of hydrogen-bond donors (Lipinski definition) is 3. The maximum Gasteiger partial charge on any atom is 0.323 e. The Kier molecular flexibility index (Phi) is 7.47. The third-order valence-corrected chi connectivity index (χ3v) is 5.23. The van der Waals surface area contributed by atoms with E-state index in [0.717, 1.165) is 4.90 Å². The minimum atomic E-state index is -0.446. The second kappa shape index (κ2) is 10.3. The highest BCUT2D eigenvalue weighted by Crippen LogP contribution is 2.27. The van der Waals surface area contributed by atoms with Crippen LogP contribution in [0, 0.1) is 0 Å². The van der Waals surface area contributed by atoms with Gasteiger partial charge >= 0.3 is 6.03 Å². The molecule has 3 amide bonds. The van der Waals surface area contributed by atoms with E-state index in [4.69, 9.17) is 23.2 Å². The van der Waals surface area contributed by atoms with Gasteiger partial charge in [-0.3, -0.25) is 14.6 Å². The lowest BCUT2D eigenvalue weighted by Crippen LogP contribution is -2.22. The van der Waals surface area contributed by atoms with Crippen LogP contribution in [-0.2, 0) is 4.84 Å². The Labute approximate surface area is 186 Å². The average molecular weight is 464 g/mol. The number of amides is 3. The van der Waals surface area contributed by atoms with Crippen LogP contribution in [0.25, 0.3) is 0 Å². The number of carbonyl (C=O) groups excluding carboxylic acids is 2. The standard InChI is InChI=1S/C19H15Cl2N5O3S/c1-29-26-18(27)16-9-13(6-7-22-16)30-17-5-3-12(10-23-17)25-19(28)24-11-2-4-14(20)15(21)8-11/h2-10H,1H3,(H,26,27)(H2,24,25,28). The molecule has 0 unspecified atom stereocenters. The van der Waals surface area contributed by atoms with E-state index >= 15 is 0 Å². The largest absolute Gasteiger partial charge is 0.323 e. The van der Waals surface area contributed by atoms with Gasteiger partial charge in [-0.2, -0.15) is 0 Å². The summed E-state index contributed by atoms with van der Waals surface area (Å²) in [6.45, 7) is 0. The summed E-state index contributed by atoms with van der Waals surface area (Å²) in [5.74, 6) is -0.444. The molecule has 0 aliphatic heterocycles. The number of carbonyl (C=O) groups is 2. The Bertz CT molecular complexity index is 1070. The zero-order chi connectivity index (χ0) is 21.5. The summed E-state index contributed by atoms with van der Waals surface area (Å²) >= 11 is 13.1. The van der Waals surface area contributed by atoms with Crippen molar-refractivity contribution < 1.29 is 14.4 Å². The van der Waals surface area contributed by atoms with Gasteiger partial charge in [-0.25, -0.2) is 15.3 Å². The maximum atomic E-state index is 12.1. The molecule has 0 bridgehead atoms. The molecule has 0 fully saturated rings. The Hall–Kier alpha value is -2.85. The van der Waals surface area contributed by atoms with Gasteiger partial charge in [0.15, 0.2) is 0 Å². The molecule has 2 aromatic heterocycles. The molecule has 1 aromatic carbocycles. The summed E-state index contributed by atoms with van der Waals surface area (Å²) in [5.41, 5.74) is 3.45. The van der Waals surface area contributed by atoms with Gasteiger partial charge in [-0.1, -0.05) is 35.0 Å². The van der Waals surface area contributed by atoms with Gasteiger partial charge in [-0.15, -0.1) is 0 Å². The molecule has 0 radical (unpaired) electrons. The number of benzene rings is 1. The number of nitrogens with one attached hydrogen (secondary N) is 3. The van der Waals surface area contributed by atoms with Gasteiger partial charge in [0.2, 0.25) is 0 Å². The second-order valence-electron chi connectivity index (χ2n) is 5.71. The van der Waals surface area contributed by atoms with Gasteiger partial charge in [0, 0.05) is 16.8 Å². The minimum Gasteiger partial charge on any atom is -0.308 e. The van der Waals surface area contributed by atoms with Gasteiger partial charge in [0.1, 0.15) is 10.7 Å². The fourth-order valence-corrected chi connectivity index (χ4v) is 3.33. The van der Waals surface area contributed by atoms with Crippen LogP contribution in [0.4, 0.5) is 16.2 Å². The van der Waals surface area contributed by atoms with Gasteiger partial charge in [-0.05, 0) is 42.5 Å². The lowest BCUT2D eigenvalue weighted by molar-refractivity contribution is 0.0532. The number of nitrogens with zero attached hydrogens (tertiary/aromatic N) is 2. The van der Waals surface area contributed by atoms with E-state index < -0.39 is 11.9 Å². The van der Waals surface area contributed by atoms with E-state index in [2.05, 4.69) is 30.9 Å². The summed E-state index contributed by atoms with van der Waals surface area (Å²) in [7, 11) is 1.35. The van der Waals surface area contributed by atoms with E-state index in [0.29, 0.717) is 26.4 Å². The molecule has 11 heteroatoms. The number of pyridine rings is 2. The highest BCUT2D eigenvalue weighted by atomic mass is 35.5. The number of aromatic nitrogens is 2. The average Bonchev–Trinajstić information content (AvgIpc) is 2.72. The van der Waals surface area contributed by atoms with Crippen LogP contribution in [0.1, 0.15) is 10.5 Å². The number of anilines is 2. The van der Waals surface area contributed by atoms with Crippen LogP contribution in [0.2, 0.25) is 10.0 Å². The molecular formula is C19H15Cl2N5O3S. The van der Waals surface area contributed by atoms with Crippen molar-refractivity contribution in [2.75, 3.05) is 17.7 Å². The smallest absolute Gasteiger partial charge is 0.308 e. The van der Waals surface area contributed by atoms with Crippen molar-refractivity contribution in [1.29, 1.82) is 0 Å². The summed E-state index contributed by atoms with van der Waals surface area (Å²) in [6.07, 6.45) is 3.05. The monoisotopic (exact) mass is 463 g/mol. The lowest BCUT2D eigenvalue weighted by Gasteiger charge is -2.09. The van der Waals surface area contributed by atoms with Gasteiger partial charge in [0.25, 0.3) is 5.91 Å². The fourth-order valence-electron chi connectivity index (χ4n) is 2.25. The molecule has 3 N–H and O–H groups in total. The Morgan fingerprint density at radius 1 is 0.967 bits per heavy atom. The van der Waals surface area contributed by atoms with Crippen molar-refractivity contribution in [1.82, 2.24) is 15.4 Å². The number of hydroxylamine groups is 1. The molecule has 3 rings (SSSR count). The van der Waals surface area contributed by atoms with Crippen molar-refractivity contribution in [3.05, 3.63) is 70.6 Å².